The minimum atomic E-state index is -0.134. The zero-order chi connectivity index (χ0) is 16.4. The number of thiophene rings is 1. The van der Waals surface area contributed by atoms with Crippen molar-refractivity contribution in [1.82, 2.24) is 20.3 Å². The van der Waals surface area contributed by atoms with E-state index in [0.29, 0.717) is 23.6 Å². The van der Waals surface area contributed by atoms with Crippen molar-refractivity contribution in [2.75, 3.05) is 6.54 Å². The highest BCUT2D eigenvalue weighted by Crippen LogP contribution is 2.27. The lowest BCUT2D eigenvalue weighted by atomic mass is 10.2. The maximum atomic E-state index is 12.1. The van der Waals surface area contributed by atoms with Gasteiger partial charge in [0.2, 0.25) is 0 Å². The Morgan fingerprint density at radius 2 is 2.22 bits per heavy atom. The monoisotopic (exact) mass is 330 g/mol. The van der Waals surface area contributed by atoms with Crippen molar-refractivity contribution in [3.8, 4) is 10.4 Å². The molecule has 0 saturated carbocycles. The molecule has 3 aromatic heterocycles. The van der Waals surface area contributed by atoms with Gasteiger partial charge in [-0.2, -0.15) is 5.10 Å². The van der Waals surface area contributed by atoms with E-state index in [1.807, 2.05) is 19.4 Å². The lowest BCUT2D eigenvalue weighted by molar-refractivity contribution is 0.0952. The third-order valence-corrected chi connectivity index (χ3v) is 4.76. The van der Waals surface area contributed by atoms with Crippen LogP contribution in [0.1, 0.15) is 26.7 Å². The van der Waals surface area contributed by atoms with Crippen LogP contribution in [0.25, 0.3) is 10.4 Å². The van der Waals surface area contributed by atoms with Crippen molar-refractivity contribution in [3.63, 3.8) is 0 Å². The Balaban J connectivity index is 1.57. The lowest BCUT2D eigenvalue weighted by Gasteiger charge is -2.03. The van der Waals surface area contributed by atoms with E-state index in [1.165, 1.54) is 9.75 Å². The van der Waals surface area contributed by atoms with Gasteiger partial charge in [-0.05, 0) is 32.4 Å². The Labute approximate surface area is 138 Å². The number of nitrogens with zero attached hydrogens (tertiary/aromatic N) is 3. The SMILES string of the molecule is Cc1noc(C)c1C(=O)NCCc1ccc(-c2cnn(C)c2)s1. The standard InChI is InChI=1S/C16H18N4O2S/c1-10-15(11(2)22-19-10)16(21)17-7-6-13-4-5-14(23-13)12-8-18-20(3)9-12/h4-5,8-9H,6-7H2,1-3H3,(H,17,21). The van der Waals surface area contributed by atoms with Crippen LogP contribution in [0.4, 0.5) is 0 Å². The summed E-state index contributed by atoms with van der Waals surface area (Å²) >= 11 is 1.72. The van der Waals surface area contributed by atoms with E-state index >= 15 is 0 Å². The van der Waals surface area contributed by atoms with Crippen LogP contribution in [0.5, 0.6) is 0 Å². The largest absolute Gasteiger partial charge is 0.361 e. The smallest absolute Gasteiger partial charge is 0.256 e. The molecule has 0 radical (unpaired) electrons. The Hall–Kier alpha value is -2.41. The average molecular weight is 330 g/mol. The molecule has 3 aromatic rings. The summed E-state index contributed by atoms with van der Waals surface area (Å²) in [5.74, 6) is 0.417. The summed E-state index contributed by atoms with van der Waals surface area (Å²) < 4.78 is 6.81. The number of hydrogen-bond acceptors (Lipinski definition) is 5. The maximum Gasteiger partial charge on any atom is 0.256 e. The molecule has 0 spiro atoms. The molecule has 0 aromatic carbocycles. The van der Waals surface area contributed by atoms with Crippen molar-refractivity contribution in [2.24, 2.45) is 7.05 Å². The van der Waals surface area contributed by atoms with Crippen LogP contribution >= 0.6 is 11.3 Å². The Kier molecular flexibility index (Phi) is 4.29. The third-order valence-electron chi connectivity index (χ3n) is 3.57. The topological polar surface area (TPSA) is 73.0 Å². The van der Waals surface area contributed by atoms with E-state index in [1.54, 1.807) is 29.9 Å². The molecule has 0 unspecified atom stereocenters. The fourth-order valence-corrected chi connectivity index (χ4v) is 3.39. The molecule has 7 heteroatoms. The summed E-state index contributed by atoms with van der Waals surface area (Å²) in [5.41, 5.74) is 2.27. The second-order valence-electron chi connectivity index (χ2n) is 5.37. The van der Waals surface area contributed by atoms with Crippen LogP contribution in [0.3, 0.4) is 0 Å². The molecule has 1 amide bonds. The highest BCUT2D eigenvalue weighted by atomic mass is 32.1. The molecule has 120 valence electrons. The van der Waals surface area contributed by atoms with Crippen molar-refractivity contribution < 1.29 is 9.32 Å². The number of aryl methyl sites for hydroxylation is 3. The molecule has 0 aliphatic rings. The van der Waals surface area contributed by atoms with Gasteiger partial charge in [-0.15, -0.1) is 11.3 Å². The molecule has 23 heavy (non-hydrogen) atoms. The van der Waals surface area contributed by atoms with Gasteiger partial charge in [-0.1, -0.05) is 5.16 Å². The summed E-state index contributed by atoms with van der Waals surface area (Å²) in [4.78, 5) is 14.6. The molecule has 3 heterocycles. The van der Waals surface area contributed by atoms with E-state index < -0.39 is 0 Å². The van der Waals surface area contributed by atoms with Gasteiger partial charge in [0.15, 0.2) is 0 Å². The summed E-state index contributed by atoms with van der Waals surface area (Å²) in [5, 5.41) is 10.9. The molecule has 0 fully saturated rings. The number of amides is 1. The van der Waals surface area contributed by atoms with Gasteiger partial charge in [0.1, 0.15) is 11.3 Å². The summed E-state index contributed by atoms with van der Waals surface area (Å²) in [6.07, 6.45) is 4.64. The summed E-state index contributed by atoms with van der Waals surface area (Å²) in [6, 6.07) is 4.18. The Bertz CT molecular complexity index is 811. The van der Waals surface area contributed by atoms with E-state index in [9.17, 15) is 4.79 Å². The van der Waals surface area contributed by atoms with E-state index in [0.717, 1.165) is 12.0 Å². The quantitative estimate of drug-likeness (QED) is 0.781. The number of rotatable bonds is 5. The zero-order valence-electron chi connectivity index (χ0n) is 13.3. The fraction of sp³-hybridized carbons (Fsp3) is 0.312. The molecule has 1 N–H and O–H groups in total. The molecular formula is C16H18N4O2S. The molecule has 0 atom stereocenters. The normalized spacial score (nSPS) is 10.9. The van der Waals surface area contributed by atoms with Crippen LogP contribution in [0, 0.1) is 13.8 Å². The molecule has 6 nitrogen and oxygen atoms in total. The third kappa shape index (κ3) is 3.34. The second kappa shape index (κ2) is 6.37. The van der Waals surface area contributed by atoms with Crippen molar-refractivity contribution in [3.05, 3.63) is 46.4 Å². The zero-order valence-corrected chi connectivity index (χ0v) is 14.1. The average Bonchev–Trinajstić information content (AvgIpc) is 3.20. The fourth-order valence-electron chi connectivity index (χ4n) is 2.41. The minimum absolute atomic E-state index is 0.134. The van der Waals surface area contributed by atoms with Crippen LogP contribution in [0.15, 0.2) is 29.0 Å². The second-order valence-corrected chi connectivity index (χ2v) is 6.54. The molecule has 0 saturated heterocycles. The first-order chi connectivity index (χ1) is 11.0. The van der Waals surface area contributed by atoms with Gasteiger partial charge in [0.05, 0.1) is 11.9 Å². The molecule has 0 aliphatic heterocycles. The van der Waals surface area contributed by atoms with Gasteiger partial charge < -0.3 is 9.84 Å². The number of nitrogens with one attached hydrogen (secondary N) is 1. The first kappa shape index (κ1) is 15.5. The van der Waals surface area contributed by atoms with Gasteiger partial charge in [0.25, 0.3) is 5.91 Å². The number of carbonyl (C=O) groups is 1. The number of aromatic nitrogens is 3. The molecule has 3 rings (SSSR count). The van der Waals surface area contributed by atoms with Gasteiger partial charge in [-0.3, -0.25) is 9.48 Å². The van der Waals surface area contributed by atoms with Crippen LogP contribution in [-0.4, -0.2) is 27.4 Å². The van der Waals surface area contributed by atoms with Crippen molar-refractivity contribution in [1.29, 1.82) is 0 Å². The first-order valence-electron chi connectivity index (χ1n) is 7.33. The first-order valence-corrected chi connectivity index (χ1v) is 8.15. The van der Waals surface area contributed by atoms with E-state index in [2.05, 4.69) is 27.7 Å². The van der Waals surface area contributed by atoms with E-state index in [-0.39, 0.29) is 5.91 Å². The molecule has 0 bridgehead atoms. The predicted molar refractivity (Wildman–Crippen MR) is 88.5 cm³/mol. The Morgan fingerprint density at radius 3 is 2.87 bits per heavy atom. The minimum Gasteiger partial charge on any atom is -0.361 e. The van der Waals surface area contributed by atoms with Crippen LogP contribution < -0.4 is 5.32 Å². The molecule has 0 aliphatic carbocycles. The molecular weight excluding hydrogens is 312 g/mol. The number of hydrogen-bond donors (Lipinski definition) is 1. The maximum absolute atomic E-state index is 12.1. The summed E-state index contributed by atoms with van der Waals surface area (Å²) in [7, 11) is 1.91. The van der Waals surface area contributed by atoms with Crippen molar-refractivity contribution >= 4 is 17.2 Å². The highest BCUT2D eigenvalue weighted by Gasteiger charge is 2.16. The van der Waals surface area contributed by atoms with E-state index in [4.69, 9.17) is 4.52 Å². The lowest BCUT2D eigenvalue weighted by Crippen LogP contribution is -2.26. The van der Waals surface area contributed by atoms with Crippen LogP contribution in [-0.2, 0) is 13.5 Å². The van der Waals surface area contributed by atoms with Gasteiger partial charge in [-0.25, -0.2) is 0 Å². The predicted octanol–water partition coefficient (Wildman–Crippen LogP) is 2.73. The Morgan fingerprint density at radius 1 is 1.39 bits per heavy atom. The van der Waals surface area contributed by atoms with Crippen molar-refractivity contribution in [2.45, 2.75) is 20.3 Å². The van der Waals surface area contributed by atoms with Gasteiger partial charge >= 0.3 is 0 Å². The van der Waals surface area contributed by atoms with Gasteiger partial charge in [0, 0.05) is 35.1 Å². The summed E-state index contributed by atoms with van der Waals surface area (Å²) in [6.45, 7) is 4.09. The highest BCUT2D eigenvalue weighted by molar-refractivity contribution is 7.15. The number of carbonyl (C=O) groups excluding carboxylic acids is 1. The van der Waals surface area contributed by atoms with Crippen LogP contribution in [0.2, 0.25) is 0 Å².